The van der Waals surface area contributed by atoms with Crippen molar-refractivity contribution in [3.8, 4) is 11.5 Å². The van der Waals surface area contributed by atoms with E-state index in [1.165, 1.54) is 0 Å². The van der Waals surface area contributed by atoms with E-state index < -0.39 is 22.4 Å². The lowest BCUT2D eigenvalue weighted by Crippen LogP contribution is -2.47. The predicted octanol–water partition coefficient (Wildman–Crippen LogP) is 2.99. The number of nitrogens with two attached hydrogens (primary N) is 1. The van der Waals surface area contributed by atoms with Crippen LogP contribution in [0.25, 0.3) is 11.5 Å². The topological polar surface area (TPSA) is 94.0 Å². The highest BCUT2D eigenvalue weighted by Crippen LogP contribution is 2.39. The molecule has 0 unspecified atom stereocenters. The van der Waals surface area contributed by atoms with Crippen LogP contribution in [0.2, 0.25) is 5.02 Å². The van der Waals surface area contributed by atoms with Crippen molar-refractivity contribution in [2.75, 3.05) is 11.4 Å². The molecule has 25 heavy (non-hydrogen) atoms. The summed E-state index contributed by atoms with van der Waals surface area (Å²) in [6, 6.07) is 0.0407. The van der Waals surface area contributed by atoms with Gasteiger partial charge in [0.1, 0.15) is 10.7 Å². The molecular formula is C14H16ClF3N6O. The Hall–Kier alpha value is -1.94. The SMILES string of the molecule is C[C@H]1CCN1c1nc(-c2noc(C(C)(C)N)n2)c(Cl)c(C(F)(F)F)n1. The summed E-state index contributed by atoms with van der Waals surface area (Å²) in [5, 5.41) is 3.00. The summed E-state index contributed by atoms with van der Waals surface area (Å²) in [7, 11) is 0. The van der Waals surface area contributed by atoms with Crippen molar-refractivity contribution in [2.45, 2.75) is 44.9 Å². The molecule has 1 fully saturated rings. The van der Waals surface area contributed by atoms with Gasteiger partial charge in [0, 0.05) is 12.6 Å². The van der Waals surface area contributed by atoms with Gasteiger partial charge in [0.05, 0.1) is 5.54 Å². The Labute approximate surface area is 146 Å². The first kappa shape index (κ1) is 17.9. The number of rotatable bonds is 3. The standard InChI is InChI=1S/C14H16ClF3N6O/c1-6-4-5-24(6)12-20-8(7(15)9(21-12)14(16,17)18)10-22-11(25-23-10)13(2,3)19/h6H,4-5,19H2,1-3H3/t6-/m0/s1. The second-order valence-electron chi connectivity index (χ2n) is 6.51. The number of aromatic nitrogens is 4. The average molecular weight is 377 g/mol. The molecule has 2 aromatic heterocycles. The van der Waals surface area contributed by atoms with Gasteiger partial charge >= 0.3 is 6.18 Å². The zero-order valence-corrected chi connectivity index (χ0v) is 14.5. The molecule has 0 amide bonds. The Bertz CT molecular complexity index is 801. The van der Waals surface area contributed by atoms with Gasteiger partial charge in [-0.2, -0.15) is 18.2 Å². The second kappa shape index (κ2) is 5.80. The van der Waals surface area contributed by atoms with Crippen LogP contribution in [0, 0.1) is 0 Å². The van der Waals surface area contributed by atoms with Crippen molar-refractivity contribution >= 4 is 17.5 Å². The minimum atomic E-state index is -4.74. The molecule has 0 aromatic carbocycles. The van der Waals surface area contributed by atoms with E-state index in [1.807, 2.05) is 6.92 Å². The summed E-state index contributed by atoms with van der Waals surface area (Å²) in [5.41, 5.74) is 3.44. The molecular weight excluding hydrogens is 361 g/mol. The second-order valence-corrected chi connectivity index (χ2v) is 6.89. The van der Waals surface area contributed by atoms with Crippen LogP contribution < -0.4 is 10.6 Å². The summed E-state index contributed by atoms with van der Waals surface area (Å²) in [6.45, 7) is 5.69. The number of alkyl halides is 3. The average Bonchev–Trinajstić information content (AvgIpc) is 2.95. The van der Waals surface area contributed by atoms with Gasteiger partial charge in [-0.3, -0.25) is 0 Å². The quantitative estimate of drug-likeness (QED) is 0.879. The monoisotopic (exact) mass is 376 g/mol. The fourth-order valence-electron chi connectivity index (χ4n) is 2.29. The number of anilines is 1. The molecule has 0 saturated carbocycles. The number of nitrogens with zero attached hydrogens (tertiary/aromatic N) is 5. The highest BCUT2D eigenvalue weighted by molar-refractivity contribution is 6.33. The van der Waals surface area contributed by atoms with Gasteiger partial charge in [0.2, 0.25) is 17.7 Å². The molecule has 0 spiro atoms. The van der Waals surface area contributed by atoms with Crippen molar-refractivity contribution in [1.82, 2.24) is 20.1 Å². The highest BCUT2D eigenvalue weighted by Gasteiger charge is 2.40. The number of halogens is 4. The van der Waals surface area contributed by atoms with Crippen LogP contribution in [-0.2, 0) is 11.7 Å². The Morgan fingerprint density at radius 3 is 2.36 bits per heavy atom. The van der Waals surface area contributed by atoms with Gasteiger partial charge < -0.3 is 15.2 Å². The maximum atomic E-state index is 13.3. The van der Waals surface area contributed by atoms with Crippen LogP contribution in [0.4, 0.5) is 19.1 Å². The van der Waals surface area contributed by atoms with Gasteiger partial charge in [0.25, 0.3) is 0 Å². The molecule has 3 rings (SSSR count). The number of hydrogen-bond donors (Lipinski definition) is 1. The first-order valence-electron chi connectivity index (χ1n) is 7.53. The molecule has 11 heteroatoms. The molecule has 2 N–H and O–H groups in total. The van der Waals surface area contributed by atoms with E-state index >= 15 is 0 Å². The molecule has 1 saturated heterocycles. The maximum absolute atomic E-state index is 13.3. The zero-order chi connectivity index (χ0) is 18.6. The van der Waals surface area contributed by atoms with E-state index in [0.29, 0.717) is 6.54 Å². The molecule has 1 aliphatic rings. The van der Waals surface area contributed by atoms with Crippen molar-refractivity contribution in [3.05, 3.63) is 16.6 Å². The van der Waals surface area contributed by atoms with E-state index in [-0.39, 0.29) is 29.4 Å². The Morgan fingerprint density at radius 1 is 1.24 bits per heavy atom. The zero-order valence-electron chi connectivity index (χ0n) is 13.7. The van der Waals surface area contributed by atoms with E-state index in [0.717, 1.165) is 6.42 Å². The minimum absolute atomic E-state index is 0.0407. The molecule has 0 radical (unpaired) electrons. The molecule has 0 aliphatic carbocycles. The minimum Gasteiger partial charge on any atom is -0.338 e. The highest BCUT2D eigenvalue weighted by atomic mass is 35.5. The molecule has 1 atom stereocenters. The predicted molar refractivity (Wildman–Crippen MR) is 84.0 cm³/mol. The first-order chi connectivity index (χ1) is 11.5. The van der Waals surface area contributed by atoms with Gasteiger partial charge in [-0.05, 0) is 27.2 Å². The van der Waals surface area contributed by atoms with Gasteiger partial charge in [-0.25, -0.2) is 9.97 Å². The van der Waals surface area contributed by atoms with Crippen LogP contribution >= 0.6 is 11.6 Å². The summed E-state index contributed by atoms with van der Waals surface area (Å²) in [4.78, 5) is 13.4. The van der Waals surface area contributed by atoms with Crippen molar-refractivity contribution in [1.29, 1.82) is 0 Å². The van der Waals surface area contributed by atoms with E-state index in [4.69, 9.17) is 21.9 Å². The van der Waals surface area contributed by atoms with Crippen molar-refractivity contribution < 1.29 is 17.7 Å². The molecule has 7 nitrogen and oxygen atoms in total. The lowest BCUT2D eigenvalue weighted by molar-refractivity contribution is -0.141. The summed E-state index contributed by atoms with van der Waals surface area (Å²) in [5.74, 6) is -0.172. The molecule has 2 aromatic rings. The largest absolute Gasteiger partial charge is 0.435 e. The van der Waals surface area contributed by atoms with Crippen LogP contribution in [0.3, 0.4) is 0 Å². The van der Waals surface area contributed by atoms with Crippen molar-refractivity contribution in [3.63, 3.8) is 0 Å². The molecule has 3 heterocycles. The fraction of sp³-hybridized carbons (Fsp3) is 0.571. The Morgan fingerprint density at radius 2 is 1.92 bits per heavy atom. The van der Waals surface area contributed by atoms with Crippen LogP contribution in [0.15, 0.2) is 4.52 Å². The third-order valence-electron chi connectivity index (χ3n) is 3.87. The van der Waals surface area contributed by atoms with Crippen LogP contribution in [0.1, 0.15) is 38.8 Å². The Kier molecular flexibility index (Phi) is 4.15. The van der Waals surface area contributed by atoms with Crippen LogP contribution in [0.5, 0.6) is 0 Å². The number of hydrogen-bond acceptors (Lipinski definition) is 7. The first-order valence-corrected chi connectivity index (χ1v) is 7.91. The Balaban J connectivity index is 2.14. The molecule has 1 aliphatic heterocycles. The fourth-order valence-corrected chi connectivity index (χ4v) is 2.57. The van der Waals surface area contributed by atoms with E-state index in [9.17, 15) is 13.2 Å². The maximum Gasteiger partial charge on any atom is 0.435 e. The summed E-state index contributed by atoms with van der Waals surface area (Å²) in [6.07, 6.45) is -3.90. The van der Waals surface area contributed by atoms with Gasteiger partial charge in [-0.1, -0.05) is 16.8 Å². The van der Waals surface area contributed by atoms with Gasteiger partial charge in [0.15, 0.2) is 5.69 Å². The smallest absolute Gasteiger partial charge is 0.338 e. The van der Waals surface area contributed by atoms with Crippen molar-refractivity contribution in [2.24, 2.45) is 5.73 Å². The molecule has 136 valence electrons. The van der Waals surface area contributed by atoms with Gasteiger partial charge in [-0.15, -0.1) is 0 Å². The third kappa shape index (κ3) is 3.28. The third-order valence-corrected chi connectivity index (χ3v) is 4.23. The summed E-state index contributed by atoms with van der Waals surface area (Å²) < 4.78 is 45.0. The van der Waals surface area contributed by atoms with E-state index in [2.05, 4.69) is 20.1 Å². The van der Waals surface area contributed by atoms with Crippen LogP contribution in [-0.4, -0.2) is 32.7 Å². The lowest BCUT2D eigenvalue weighted by atomic mass is 10.1. The normalized spacial score (nSPS) is 18.4. The summed E-state index contributed by atoms with van der Waals surface area (Å²) >= 11 is 5.91. The lowest BCUT2D eigenvalue weighted by Gasteiger charge is -2.39. The molecule has 0 bridgehead atoms. The van der Waals surface area contributed by atoms with E-state index in [1.54, 1.807) is 18.7 Å².